The minimum atomic E-state index is -0.957. The lowest BCUT2D eigenvalue weighted by atomic mass is 9.95. The van der Waals surface area contributed by atoms with Gasteiger partial charge in [-0.25, -0.2) is 0 Å². The van der Waals surface area contributed by atoms with Crippen LogP contribution in [0.2, 0.25) is 0 Å². The van der Waals surface area contributed by atoms with Crippen molar-refractivity contribution in [3.05, 3.63) is 0 Å². The number of aliphatic carboxylic acids is 1. The first-order chi connectivity index (χ1) is 8.42. The monoisotopic (exact) mass is 259 g/mol. The normalized spacial score (nSPS) is 27.0. The van der Waals surface area contributed by atoms with Crippen molar-refractivity contribution < 1.29 is 24.2 Å². The quantitative estimate of drug-likeness (QED) is 0.764. The highest BCUT2D eigenvalue weighted by atomic mass is 16.5. The van der Waals surface area contributed by atoms with Crippen molar-refractivity contribution in [1.82, 2.24) is 4.90 Å². The molecule has 1 fully saturated rings. The molecule has 1 aliphatic rings. The molecule has 4 unspecified atom stereocenters. The molecular formula is C12H21NO5. The molecule has 0 aromatic carbocycles. The van der Waals surface area contributed by atoms with E-state index in [1.807, 2.05) is 0 Å². The second-order valence-electron chi connectivity index (χ2n) is 4.71. The van der Waals surface area contributed by atoms with E-state index < -0.39 is 17.8 Å². The lowest BCUT2D eigenvalue weighted by Crippen LogP contribution is -2.38. The molecule has 0 aliphatic carbocycles. The second-order valence-corrected chi connectivity index (χ2v) is 4.71. The Balaban J connectivity index is 2.66. The zero-order chi connectivity index (χ0) is 13.9. The van der Waals surface area contributed by atoms with Gasteiger partial charge in [-0.3, -0.25) is 9.59 Å². The van der Waals surface area contributed by atoms with Crippen molar-refractivity contribution in [2.75, 3.05) is 27.3 Å². The maximum Gasteiger partial charge on any atom is 0.307 e. The molecular weight excluding hydrogens is 238 g/mol. The van der Waals surface area contributed by atoms with Crippen LogP contribution in [-0.2, 0) is 19.1 Å². The van der Waals surface area contributed by atoms with Gasteiger partial charge in [0.05, 0.1) is 5.92 Å². The smallest absolute Gasteiger partial charge is 0.307 e. The molecule has 1 amide bonds. The first kappa shape index (κ1) is 14.9. The van der Waals surface area contributed by atoms with Crippen molar-refractivity contribution in [3.8, 4) is 0 Å². The van der Waals surface area contributed by atoms with Crippen molar-refractivity contribution in [2.45, 2.75) is 26.1 Å². The van der Waals surface area contributed by atoms with Crippen LogP contribution in [0.25, 0.3) is 0 Å². The van der Waals surface area contributed by atoms with Gasteiger partial charge >= 0.3 is 5.97 Å². The Kier molecular flexibility index (Phi) is 5.10. The highest BCUT2D eigenvalue weighted by molar-refractivity contribution is 5.84. The van der Waals surface area contributed by atoms with E-state index in [0.29, 0.717) is 13.1 Å². The van der Waals surface area contributed by atoms with E-state index in [9.17, 15) is 9.59 Å². The molecule has 6 nitrogen and oxygen atoms in total. The highest BCUT2D eigenvalue weighted by Gasteiger charge is 2.38. The van der Waals surface area contributed by atoms with E-state index >= 15 is 0 Å². The number of carboxylic acid groups (broad SMARTS) is 1. The van der Waals surface area contributed by atoms with Gasteiger partial charge in [0, 0.05) is 33.2 Å². The summed E-state index contributed by atoms with van der Waals surface area (Å²) in [5.41, 5.74) is 0. The maximum absolute atomic E-state index is 12.2. The van der Waals surface area contributed by atoms with E-state index in [1.54, 1.807) is 33.0 Å². The number of nitrogens with zero attached hydrogens (tertiary/aromatic N) is 1. The lowest BCUT2D eigenvalue weighted by molar-refractivity contribution is -0.148. The summed E-state index contributed by atoms with van der Waals surface area (Å²) in [5.74, 6) is -2.36. The molecule has 1 N–H and O–H groups in total. The first-order valence-electron chi connectivity index (χ1n) is 5.99. The number of hydrogen-bond acceptors (Lipinski definition) is 4. The Labute approximate surface area is 107 Å². The number of ether oxygens (including phenoxy) is 2. The summed E-state index contributed by atoms with van der Waals surface area (Å²) in [5, 5.41) is 8.92. The Morgan fingerprint density at radius 3 is 1.89 bits per heavy atom. The number of carboxylic acids is 1. The van der Waals surface area contributed by atoms with Crippen molar-refractivity contribution >= 4 is 11.9 Å². The summed E-state index contributed by atoms with van der Waals surface area (Å²) in [7, 11) is 3.15. The molecule has 0 bridgehead atoms. The standard InChI is InChI=1S/C12H21NO5/c1-7(8(2)12(15)16)11(14)13-5-9(17-3)10(6-13)18-4/h7-10H,5-6H2,1-4H3,(H,15,16). The van der Waals surface area contributed by atoms with Gasteiger partial charge in [-0.2, -0.15) is 0 Å². The van der Waals surface area contributed by atoms with E-state index in [-0.39, 0.29) is 18.1 Å². The number of rotatable bonds is 5. The van der Waals surface area contributed by atoms with Gasteiger partial charge in [0.15, 0.2) is 0 Å². The Morgan fingerprint density at radius 2 is 1.56 bits per heavy atom. The fourth-order valence-electron chi connectivity index (χ4n) is 2.09. The van der Waals surface area contributed by atoms with Crippen LogP contribution in [0.1, 0.15) is 13.8 Å². The Morgan fingerprint density at radius 1 is 1.11 bits per heavy atom. The summed E-state index contributed by atoms with van der Waals surface area (Å²) in [6.07, 6.45) is -0.294. The molecule has 1 saturated heterocycles. The zero-order valence-corrected chi connectivity index (χ0v) is 11.3. The summed E-state index contributed by atoms with van der Waals surface area (Å²) in [4.78, 5) is 24.7. The van der Waals surface area contributed by atoms with E-state index in [2.05, 4.69) is 0 Å². The topological polar surface area (TPSA) is 76.1 Å². The third-order valence-corrected chi connectivity index (χ3v) is 3.66. The van der Waals surface area contributed by atoms with Crippen molar-refractivity contribution in [1.29, 1.82) is 0 Å². The van der Waals surface area contributed by atoms with Crippen LogP contribution in [0.15, 0.2) is 0 Å². The predicted octanol–water partition coefficient (Wildman–Crippen LogP) is 0.215. The number of hydrogen-bond donors (Lipinski definition) is 1. The van der Waals surface area contributed by atoms with Crippen LogP contribution in [-0.4, -0.2) is 61.4 Å². The molecule has 6 heteroatoms. The van der Waals surface area contributed by atoms with Gasteiger partial charge < -0.3 is 19.5 Å². The highest BCUT2D eigenvalue weighted by Crippen LogP contribution is 2.21. The van der Waals surface area contributed by atoms with Crippen LogP contribution in [0.3, 0.4) is 0 Å². The zero-order valence-electron chi connectivity index (χ0n) is 11.3. The fraction of sp³-hybridized carbons (Fsp3) is 0.833. The van der Waals surface area contributed by atoms with E-state index in [4.69, 9.17) is 14.6 Å². The average molecular weight is 259 g/mol. The van der Waals surface area contributed by atoms with Crippen molar-refractivity contribution in [3.63, 3.8) is 0 Å². The molecule has 0 spiro atoms. The predicted molar refractivity (Wildman–Crippen MR) is 64.1 cm³/mol. The lowest BCUT2D eigenvalue weighted by Gasteiger charge is -2.22. The van der Waals surface area contributed by atoms with Gasteiger partial charge in [0.2, 0.25) is 5.91 Å². The number of carbonyl (C=O) groups is 2. The summed E-state index contributed by atoms with van der Waals surface area (Å²) in [6, 6.07) is 0. The minimum Gasteiger partial charge on any atom is -0.481 e. The molecule has 0 saturated carbocycles. The summed E-state index contributed by atoms with van der Waals surface area (Å²) < 4.78 is 10.5. The number of likely N-dealkylation sites (tertiary alicyclic amines) is 1. The maximum atomic E-state index is 12.2. The summed E-state index contributed by atoms with van der Waals surface area (Å²) in [6.45, 7) is 4.08. The molecule has 0 aromatic heterocycles. The fourth-order valence-corrected chi connectivity index (χ4v) is 2.09. The van der Waals surface area contributed by atoms with E-state index in [0.717, 1.165) is 0 Å². The Bertz CT molecular complexity index is 308. The van der Waals surface area contributed by atoms with Gasteiger partial charge in [0.25, 0.3) is 0 Å². The van der Waals surface area contributed by atoms with Crippen LogP contribution < -0.4 is 0 Å². The van der Waals surface area contributed by atoms with Crippen LogP contribution in [0, 0.1) is 11.8 Å². The molecule has 4 atom stereocenters. The second kappa shape index (κ2) is 6.15. The number of carbonyl (C=O) groups excluding carboxylic acids is 1. The largest absolute Gasteiger partial charge is 0.481 e. The molecule has 1 aliphatic heterocycles. The van der Waals surface area contributed by atoms with Crippen LogP contribution in [0.5, 0.6) is 0 Å². The Hall–Kier alpha value is -1.14. The van der Waals surface area contributed by atoms with Gasteiger partial charge in [-0.15, -0.1) is 0 Å². The average Bonchev–Trinajstić information content (AvgIpc) is 2.78. The van der Waals surface area contributed by atoms with Gasteiger partial charge in [-0.1, -0.05) is 13.8 Å². The van der Waals surface area contributed by atoms with Gasteiger partial charge in [-0.05, 0) is 0 Å². The SMILES string of the molecule is COC1CN(C(=O)C(C)C(C)C(=O)O)CC1OC. The third-order valence-electron chi connectivity index (χ3n) is 3.66. The molecule has 1 heterocycles. The van der Waals surface area contributed by atoms with Crippen LogP contribution in [0.4, 0.5) is 0 Å². The molecule has 104 valence electrons. The first-order valence-corrected chi connectivity index (χ1v) is 5.99. The minimum absolute atomic E-state index is 0.147. The van der Waals surface area contributed by atoms with Crippen molar-refractivity contribution in [2.24, 2.45) is 11.8 Å². The number of methoxy groups -OCH3 is 2. The van der Waals surface area contributed by atoms with Crippen LogP contribution >= 0.6 is 0 Å². The molecule has 0 aromatic rings. The molecule has 0 radical (unpaired) electrons. The molecule has 18 heavy (non-hydrogen) atoms. The van der Waals surface area contributed by atoms with Gasteiger partial charge in [0.1, 0.15) is 12.2 Å². The number of amides is 1. The molecule has 1 rings (SSSR count). The summed E-state index contributed by atoms with van der Waals surface area (Å²) >= 11 is 0. The third kappa shape index (κ3) is 3.00. The van der Waals surface area contributed by atoms with E-state index in [1.165, 1.54) is 0 Å².